The van der Waals surface area contributed by atoms with Crippen molar-refractivity contribution in [3.05, 3.63) is 47.5 Å². The Morgan fingerprint density at radius 1 is 1.28 bits per heavy atom. The van der Waals surface area contributed by atoms with Gasteiger partial charge >= 0.3 is 0 Å². The van der Waals surface area contributed by atoms with E-state index in [-0.39, 0.29) is 24.0 Å². The predicted molar refractivity (Wildman–Crippen MR) is 89.7 cm³/mol. The first-order valence-corrected chi connectivity index (χ1v) is 8.44. The first-order valence-electron chi connectivity index (χ1n) is 8.44. The van der Waals surface area contributed by atoms with Gasteiger partial charge in [-0.2, -0.15) is 0 Å². The topological polar surface area (TPSA) is 72.3 Å². The zero-order valence-electron chi connectivity index (χ0n) is 14.0. The van der Waals surface area contributed by atoms with E-state index < -0.39 is 0 Å². The fourth-order valence-electron chi connectivity index (χ4n) is 2.70. The molecular formula is C17H22FN5O2. The molecule has 1 aliphatic rings. The van der Waals surface area contributed by atoms with Gasteiger partial charge in [0.2, 0.25) is 0 Å². The van der Waals surface area contributed by atoms with Crippen LogP contribution in [0.1, 0.15) is 22.5 Å². The van der Waals surface area contributed by atoms with Crippen LogP contribution in [0.25, 0.3) is 0 Å². The molecule has 1 aromatic heterocycles. The van der Waals surface area contributed by atoms with Crippen LogP contribution in [0.5, 0.6) is 0 Å². The maximum atomic E-state index is 13.6. The second-order valence-electron chi connectivity index (χ2n) is 5.96. The van der Waals surface area contributed by atoms with Gasteiger partial charge in [-0.15, -0.1) is 5.10 Å². The zero-order chi connectivity index (χ0) is 17.5. The number of halogens is 1. The van der Waals surface area contributed by atoms with Crippen molar-refractivity contribution >= 4 is 5.91 Å². The zero-order valence-corrected chi connectivity index (χ0v) is 14.0. The Kier molecular flexibility index (Phi) is 6.08. The lowest BCUT2D eigenvalue weighted by Gasteiger charge is -2.26. The van der Waals surface area contributed by atoms with Gasteiger partial charge in [-0.25, -0.2) is 9.07 Å². The molecule has 1 fully saturated rings. The summed E-state index contributed by atoms with van der Waals surface area (Å²) in [5.74, 6) is -0.561. The van der Waals surface area contributed by atoms with Gasteiger partial charge < -0.3 is 10.1 Å². The highest BCUT2D eigenvalue weighted by Gasteiger charge is 2.13. The number of aromatic nitrogens is 3. The largest absolute Gasteiger partial charge is 0.379 e. The fourth-order valence-corrected chi connectivity index (χ4v) is 2.70. The summed E-state index contributed by atoms with van der Waals surface area (Å²) in [5.41, 5.74) is 0.743. The molecule has 134 valence electrons. The van der Waals surface area contributed by atoms with E-state index in [0.717, 1.165) is 39.3 Å². The summed E-state index contributed by atoms with van der Waals surface area (Å²) in [5, 5.41) is 10.6. The molecule has 0 bridgehead atoms. The van der Waals surface area contributed by atoms with Crippen molar-refractivity contribution in [1.29, 1.82) is 0 Å². The van der Waals surface area contributed by atoms with Crippen molar-refractivity contribution in [2.75, 3.05) is 39.4 Å². The fraction of sp³-hybridized carbons (Fsp3) is 0.471. The number of amides is 1. The predicted octanol–water partition coefficient (Wildman–Crippen LogP) is 0.918. The third-order valence-corrected chi connectivity index (χ3v) is 4.10. The van der Waals surface area contributed by atoms with E-state index in [1.54, 1.807) is 18.2 Å². The number of ether oxygens (including phenoxy) is 1. The van der Waals surface area contributed by atoms with Crippen LogP contribution in [0.15, 0.2) is 30.5 Å². The molecule has 3 rings (SSSR count). The highest BCUT2D eigenvalue weighted by molar-refractivity contribution is 5.91. The van der Waals surface area contributed by atoms with Gasteiger partial charge in [0.05, 0.1) is 26.0 Å². The molecule has 0 unspecified atom stereocenters. The Hall–Kier alpha value is -2.32. The monoisotopic (exact) mass is 347 g/mol. The lowest BCUT2D eigenvalue weighted by molar-refractivity contribution is 0.0374. The number of carbonyl (C=O) groups excluding carboxylic acids is 1. The molecule has 0 aliphatic carbocycles. The first-order chi connectivity index (χ1) is 12.2. The van der Waals surface area contributed by atoms with Crippen molar-refractivity contribution in [1.82, 2.24) is 25.2 Å². The molecule has 2 heterocycles. The Bertz CT molecular complexity index is 700. The van der Waals surface area contributed by atoms with E-state index in [4.69, 9.17) is 4.74 Å². The molecule has 1 N–H and O–H groups in total. The SMILES string of the molecule is O=C(NCCCN1CCOCC1)c1cn(Cc2ccccc2F)nn1. The quantitative estimate of drug-likeness (QED) is 0.754. The van der Waals surface area contributed by atoms with Crippen LogP contribution in [0.2, 0.25) is 0 Å². The molecule has 25 heavy (non-hydrogen) atoms. The number of rotatable bonds is 7. The van der Waals surface area contributed by atoms with Gasteiger partial charge in [-0.1, -0.05) is 23.4 Å². The molecule has 1 saturated heterocycles. The molecule has 8 heteroatoms. The van der Waals surface area contributed by atoms with Crippen LogP contribution >= 0.6 is 0 Å². The number of hydrogen-bond acceptors (Lipinski definition) is 5. The van der Waals surface area contributed by atoms with E-state index >= 15 is 0 Å². The van der Waals surface area contributed by atoms with E-state index in [9.17, 15) is 9.18 Å². The lowest BCUT2D eigenvalue weighted by Crippen LogP contribution is -2.38. The van der Waals surface area contributed by atoms with Crippen molar-refractivity contribution < 1.29 is 13.9 Å². The van der Waals surface area contributed by atoms with Gasteiger partial charge in [-0.3, -0.25) is 9.69 Å². The smallest absolute Gasteiger partial charge is 0.273 e. The summed E-state index contributed by atoms with van der Waals surface area (Å²) >= 11 is 0. The Morgan fingerprint density at radius 2 is 2.08 bits per heavy atom. The second-order valence-corrected chi connectivity index (χ2v) is 5.96. The highest BCUT2D eigenvalue weighted by atomic mass is 19.1. The van der Waals surface area contributed by atoms with Crippen LogP contribution in [0, 0.1) is 5.82 Å². The molecule has 1 amide bonds. The van der Waals surface area contributed by atoms with Crippen molar-refractivity contribution in [2.45, 2.75) is 13.0 Å². The number of hydrogen-bond donors (Lipinski definition) is 1. The molecule has 0 atom stereocenters. The number of nitrogens with zero attached hydrogens (tertiary/aromatic N) is 4. The van der Waals surface area contributed by atoms with Gasteiger partial charge in [0.25, 0.3) is 5.91 Å². The van der Waals surface area contributed by atoms with Crippen LogP contribution in [-0.2, 0) is 11.3 Å². The van der Waals surface area contributed by atoms with Crippen LogP contribution in [-0.4, -0.2) is 65.2 Å². The second kappa shape index (κ2) is 8.68. The molecule has 0 spiro atoms. The molecule has 7 nitrogen and oxygen atoms in total. The molecule has 2 aromatic rings. The molecule has 1 aromatic carbocycles. The van der Waals surface area contributed by atoms with Crippen LogP contribution in [0.4, 0.5) is 4.39 Å². The summed E-state index contributed by atoms with van der Waals surface area (Å²) in [6.07, 6.45) is 2.40. The Balaban J connectivity index is 1.43. The number of morpholine rings is 1. The van der Waals surface area contributed by atoms with Crippen molar-refractivity contribution in [2.24, 2.45) is 0 Å². The van der Waals surface area contributed by atoms with Crippen molar-refractivity contribution in [3.63, 3.8) is 0 Å². The normalized spacial score (nSPS) is 15.2. The maximum absolute atomic E-state index is 13.6. The third-order valence-electron chi connectivity index (χ3n) is 4.10. The van der Waals surface area contributed by atoms with Crippen molar-refractivity contribution in [3.8, 4) is 0 Å². The average molecular weight is 347 g/mol. The van der Waals surface area contributed by atoms with Crippen LogP contribution in [0.3, 0.4) is 0 Å². The Morgan fingerprint density at radius 3 is 2.88 bits per heavy atom. The maximum Gasteiger partial charge on any atom is 0.273 e. The summed E-state index contributed by atoms with van der Waals surface area (Å²) < 4.78 is 20.4. The summed E-state index contributed by atoms with van der Waals surface area (Å²) in [6, 6.07) is 6.48. The standard InChI is InChI=1S/C17H22FN5O2/c18-15-5-2-1-4-14(15)12-23-13-16(20-21-23)17(24)19-6-3-7-22-8-10-25-11-9-22/h1-2,4-5,13H,3,6-12H2,(H,19,24). The Labute approximate surface area is 145 Å². The molecule has 0 saturated carbocycles. The average Bonchev–Trinajstić information content (AvgIpc) is 3.10. The minimum atomic E-state index is -0.299. The number of benzene rings is 1. The lowest BCUT2D eigenvalue weighted by atomic mass is 10.2. The minimum absolute atomic E-state index is 0.239. The van der Waals surface area contributed by atoms with E-state index in [0.29, 0.717) is 12.1 Å². The van der Waals surface area contributed by atoms with Gasteiger partial charge in [0, 0.05) is 25.2 Å². The molecule has 1 aliphatic heterocycles. The van der Waals surface area contributed by atoms with Gasteiger partial charge in [0.15, 0.2) is 5.69 Å². The van der Waals surface area contributed by atoms with E-state index in [1.165, 1.54) is 16.9 Å². The molecular weight excluding hydrogens is 325 g/mol. The van der Waals surface area contributed by atoms with Gasteiger partial charge in [-0.05, 0) is 19.0 Å². The summed E-state index contributed by atoms with van der Waals surface area (Å²) in [7, 11) is 0. The number of nitrogens with one attached hydrogen (secondary N) is 1. The first kappa shape index (κ1) is 17.5. The summed E-state index contributed by atoms with van der Waals surface area (Å²) in [4.78, 5) is 14.4. The highest BCUT2D eigenvalue weighted by Crippen LogP contribution is 2.08. The van der Waals surface area contributed by atoms with E-state index in [1.807, 2.05) is 0 Å². The number of carbonyl (C=O) groups is 1. The van der Waals surface area contributed by atoms with E-state index in [2.05, 4.69) is 20.5 Å². The third kappa shape index (κ3) is 5.07. The summed E-state index contributed by atoms with van der Waals surface area (Å²) in [6.45, 7) is 5.19. The minimum Gasteiger partial charge on any atom is -0.379 e. The molecule has 0 radical (unpaired) electrons. The van der Waals surface area contributed by atoms with Gasteiger partial charge in [0.1, 0.15) is 5.82 Å². The van der Waals surface area contributed by atoms with Crippen LogP contribution < -0.4 is 5.32 Å².